The fraction of sp³-hybridized carbons (Fsp3) is 0.593. The molecule has 0 saturated carbocycles. The number of benzene rings is 1. The number of piperidine rings is 1. The molecule has 2 aliphatic carbocycles. The highest BCUT2D eigenvalue weighted by molar-refractivity contribution is 7.80. The van der Waals surface area contributed by atoms with Gasteiger partial charge in [-0.2, -0.15) is 12.6 Å². The number of carbonyl (C=O) groups is 3. The lowest BCUT2D eigenvalue weighted by molar-refractivity contribution is -0.152. The van der Waals surface area contributed by atoms with Gasteiger partial charge >= 0.3 is 11.9 Å². The molecule has 1 fully saturated rings. The minimum absolute atomic E-state index is 0.0553. The summed E-state index contributed by atoms with van der Waals surface area (Å²) in [5.41, 5.74) is 2.02. The molecule has 0 aromatic heterocycles. The molecule has 9 heteroatoms. The third-order valence-corrected chi connectivity index (χ3v) is 8.26. The second-order valence-corrected chi connectivity index (χ2v) is 10.6. The third kappa shape index (κ3) is 4.30. The SMILES string of the molecule is CC(=O)Oc1ccc2c3c1O[C@H]1[C@@H](OC(C)=O)C=C[C@H]4[C@@H](C2)N(CCCCNC(=O)CCS)CC[C@@]341. The number of nitrogens with one attached hydrogen (secondary N) is 1. The van der Waals surface area contributed by atoms with E-state index in [1.165, 1.54) is 19.4 Å². The fourth-order valence-electron chi connectivity index (χ4n) is 6.77. The van der Waals surface area contributed by atoms with Crippen LogP contribution in [0.15, 0.2) is 24.3 Å². The van der Waals surface area contributed by atoms with Gasteiger partial charge in [0.25, 0.3) is 0 Å². The Morgan fingerprint density at radius 2 is 2.03 bits per heavy atom. The Morgan fingerprint density at radius 1 is 1.19 bits per heavy atom. The Hall–Kier alpha value is -2.52. The molecular weight excluding hydrogens is 480 g/mol. The molecule has 5 atom stereocenters. The van der Waals surface area contributed by atoms with Crippen LogP contribution in [0.1, 0.15) is 50.7 Å². The van der Waals surface area contributed by atoms with Crippen LogP contribution in [0.2, 0.25) is 0 Å². The average Bonchev–Trinajstić information content (AvgIpc) is 3.17. The van der Waals surface area contributed by atoms with Gasteiger partial charge in [-0.05, 0) is 62.2 Å². The number of carbonyl (C=O) groups excluding carboxylic acids is 3. The predicted octanol–water partition coefficient (Wildman–Crippen LogP) is 2.58. The van der Waals surface area contributed by atoms with Gasteiger partial charge in [-0.1, -0.05) is 12.1 Å². The number of unbranched alkanes of at least 4 members (excludes halogenated alkanes) is 1. The summed E-state index contributed by atoms with van der Waals surface area (Å²) in [6.07, 6.45) is 7.48. The summed E-state index contributed by atoms with van der Waals surface area (Å²) >= 11 is 4.11. The first-order valence-corrected chi connectivity index (χ1v) is 13.5. The smallest absolute Gasteiger partial charge is 0.308 e. The van der Waals surface area contributed by atoms with Crippen LogP contribution in [0, 0.1) is 5.92 Å². The lowest BCUT2D eigenvalue weighted by Gasteiger charge is -2.57. The van der Waals surface area contributed by atoms with Crippen LogP contribution >= 0.6 is 12.6 Å². The number of hydrogen-bond donors (Lipinski definition) is 2. The molecular formula is C27H34N2O6S. The van der Waals surface area contributed by atoms with Gasteiger partial charge in [0.1, 0.15) is 6.10 Å². The van der Waals surface area contributed by atoms with Crippen molar-refractivity contribution in [1.29, 1.82) is 0 Å². The third-order valence-electron chi connectivity index (χ3n) is 8.04. The highest BCUT2D eigenvalue weighted by Crippen LogP contribution is 2.63. The van der Waals surface area contributed by atoms with Crippen molar-refractivity contribution >= 4 is 30.5 Å². The van der Waals surface area contributed by atoms with Gasteiger partial charge in [-0.25, -0.2) is 0 Å². The van der Waals surface area contributed by atoms with Crippen molar-refractivity contribution in [2.24, 2.45) is 5.92 Å². The van der Waals surface area contributed by atoms with Gasteiger partial charge in [-0.15, -0.1) is 0 Å². The Bertz CT molecular complexity index is 1090. The van der Waals surface area contributed by atoms with E-state index in [4.69, 9.17) is 14.2 Å². The van der Waals surface area contributed by atoms with Gasteiger partial charge in [0.05, 0.1) is 0 Å². The van der Waals surface area contributed by atoms with E-state index >= 15 is 0 Å². The number of nitrogens with zero attached hydrogens (tertiary/aromatic N) is 1. The first-order chi connectivity index (χ1) is 17.3. The largest absolute Gasteiger partial charge is 0.481 e. The molecule has 1 amide bonds. The second kappa shape index (κ2) is 10.1. The summed E-state index contributed by atoms with van der Waals surface area (Å²) in [6, 6.07) is 4.19. The Labute approximate surface area is 217 Å². The molecule has 2 aliphatic heterocycles. The van der Waals surface area contributed by atoms with Gasteiger partial charge in [0.15, 0.2) is 17.6 Å². The van der Waals surface area contributed by atoms with Crippen molar-refractivity contribution in [2.75, 3.05) is 25.4 Å². The van der Waals surface area contributed by atoms with Crippen molar-refractivity contribution < 1.29 is 28.6 Å². The first-order valence-electron chi connectivity index (χ1n) is 12.8. The molecule has 4 aliphatic rings. The normalized spacial score (nSPS) is 29.2. The van der Waals surface area contributed by atoms with E-state index in [1.807, 2.05) is 12.1 Å². The van der Waals surface area contributed by atoms with E-state index in [2.05, 4.69) is 35.0 Å². The van der Waals surface area contributed by atoms with Crippen LogP contribution in [0.5, 0.6) is 11.5 Å². The van der Waals surface area contributed by atoms with Crippen LogP contribution in [0.25, 0.3) is 0 Å². The first kappa shape index (κ1) is 25.1. The van der Waals surface area contributed by atoms with Gasteiger partial charge < -0.3 is 19.5 Å². The van der Waals surface area contributed by atoms with Crippen molar-refractivity contribution in [3.05, 3.63) is 35.4 Å². The Kier molecular flexibility index (Phi) is 7.05. The molecule has 1 aromatic carbocycles. The van der Waals surface area contributed by atoms with E-state index in [0.29, 0.717) is 36.3 Å². The number of amides is 1. The quantitative estimate of drug-likeness (QED) is 0.172. The molecule has 194 valence electrons. The van der Waals surface area contributed by atoms with Crippen molar-refractivity contribution in [3.63, 3.8) is 0 Å². The topological polar surface area (TPSA) is 94.2 Å². The molecule has 2 heterocycles. The minimum Gasteiger partial charge on any atom is -0.481 e. The number of hydrogen-bond acceptors (Lipinski definition) is 8. The van der Waals surface area contributed by atoms with E-state index in [0.717, 1.165) is 44.3 Å². The molecule has 2 bridgehead atoms. The molecule has 1 aromatic rings. The molecule has 36 heavy (non-hydrogen) atoms. The molecule has 5 rings (SSSR count). The van der Waals surface area contributed by atoms with Crippen LogP contribution < -0.4 is 14.8 Å². The van der Waals surface area contributed by atoms with Crippen molar-refractivity contribution in [1.82, 2.24) is 10.2 Å². The summed E-state index contributed by atoms with van der Waals surface area (Å²) in [5.74, 6) is 1.16. The maximum absolute atomic E-state index is 11.9. The fourth-order valence-corrected chi connectivity index (χ4v) is 6.97. The number of thiol groups is 1. The molecule has 0 unspecified atom stereocenters. The average molecular weight is 515 g/mol. The van der Waals surface area contributed by atoms with Gasteiger partial charge in [-0.3, -0.25) is 19.3 Å². The molecule has 1 spiro atoms. The molecule has 1 saturated heterocycles. The van der Waals surface area contributed by atoms with Crippen LogP contribution in [-0.4, -0.2) is 66.4 Å². The summed E-state index contributed by atoms with van der Waals surface area (Å²) in [7, 11) is 0. The standard InChI is InChI=1S/C27H34N2O6S/c1-16(30)33-21-7-5-18-15-20-19-6-8-22(34-17(2)31)26-27(19,24(18)25(21)35-26)10-13-29(20)12-4-3-11-28-23(32)9-14-36/h5-8,19-20,22,26,36H,3-4,9-15H2,1-2H3,(H,28,32)/t19-,20+,22-,26-,27-/m0/s1. The molecule has 0 radical (unpaired) electrons. The summed E-state index contributed by atoms with van der Waals surface area (Å²) in [5, 5.41) is 2.96. The number of likely N-dealkylation sites (tertiary alicyclic amines) is 1. The molecule has 1 N–H and O–H groups in total. The highest BCUT2D eigenvalue weighted by Gasteiger charge is 2.65. The lowest BCUT2D eigenvalue weighted by Crippen LogP contribution is -2.65. The molecule has 8 nitrogen and oxygen atoms in total. The van der Waals surface area contributed by atoms with Crippen LogP contribution in [0.4, 0.5) is 0 Å². The van der Waals surface area contributed by atoms with E-state index in [1.54, 1.807) is 0 Å². The summed E-state index contributed by atoms with van der Waals surface area (Å²) in [4.78, 5) is 37.9. The van der Waals surface area contributed by atoms with Crippen molar-refractivity contribution in [2.45, 2.75) is 69.6 Å². The number of rotatable bonds is 9. The highest BCUT2D eigenvalue weighted by atomic mass is 32.1. The van der Waals surface area contributed by atoms with E-state index in [-0.39, 0.29) is 29.3 Å². The minimum atomic E-state index is -0.490. The zero-order chi connectivity index (χ0) is 25.4. The Balaban J connectivity index is 1.40. The van der Waals surface area contributed by atoms with Crippen LogP contribution in [0.3, 0.4) is 0 Å². The zero-order valence-electron chi connectivity index (χ0n) is 20.8. The van der Waals surface area contributed by atoms with E-state index in [9.17, 15) is 14.4 Å². The summed E-state index contributed by atoms with van der Waals surface area (Å²) < 4.78 is 17.8. The maximum atomic E-state index is 11.9. The Morgan fingerprint density at radius 3 is 2.78 bits per heavy atom. The van der Waals surface area contributed by atoms with Crippen LogP contribution in [-0.2, 0) is 31.0 Å². The zero-order valence-corrected chi connectivity index (χ0v) is 21.7. The monoisotopic (exact) mass is 514 g/mol. The maximum Gasteiger partial charge on any atom is 0.308 e. The van der Waals surface area contributed by atoms with Crippen molar-refractivity contribution in [3.8, 4) is 11.5 Å². The van der Waals surface area contributed by atoms with E-state index < -0.39 is 12.1 Å². The number of esters is 2. The lowest BCUT2D eigenvalue weighted by atomic mass is 9.53. The van der Waals surface area contributed by atoms with Gasteiger partial charge in [0, 0.05) is 49.8 Å². The van der Waals surface area contributed by atoms with Gasteiger partial charge in [0.2, 0.25) is 5.91 Å². The summed E-state index contributed by atoms with van der Waals surface area (Å²) in [6.45, 7) is 5.36. The number of ether oxygens (including phenoxy) is 3. The second-order valence-electron chi connectivity index (χ2n) is 10.2. The predicted molar refractivity (Wildman–Crippen MR) is 136 cm³/mol.